The standard InChI is InChI=1S/C24H21F2N3O2.C13H16N2.ClH/c25-17-5-6-21(26)16(11-17)12-18-13-23(28-31-18)24(30)29-9-7-15(8-10-29)20-14-27-22-4-2-1-3-19(20)22;1-2-4-13-11(3-1)12(9-15-13)10-5-7-14-8-6-10;/h1-6,11,13-15,27H,7-10,12H2;1-4,9-10,14-15H,5-8H2;1H. The lowest BCUT2D eigenvalue weighted by Gasteiger charge is -2.31. The highest BCUT2D eigenvalue weighted by Gasteiger charge is 2.28. The minimum absolute atomic E-state index is 0. The fourth-order valence-electron chi connectivity index (χ4n) is 6.92. The molecule has 10 heteroatoms. The summed E-state index contributed by atoms with van der Waals surface area (Å²) in [4.78, 5) is 21.3. The van der Waals surface area contributed by atoms with E-state index in [-0.39, 0.29) is 36.0 Å². The maximum Gasteiger partial charge on any atom is 0.276 e. The average molecular weight is 658 g/mol. The quantitative estimate of drug-likeness (QED) is 0.175. The van der Waals surface area contributed by atoms with E-state index in [4.69, 9.17) is 4.52 Å². The summed E-state index contributed by atoms with van der Waals surface area (Å²) in [5.41, 5.74) is 5.55. The van der Waals surface area contributed by atoms with Crippen molar-refractivity contribution in [3.8, 4) is 0 Å². The molecule has 1 amide bonds. The SMILES string of the molecule is Cl.O=C(c1cc(Cc2cc(F)ccc2F)on1)N1CCC(c2c[nH]c3ccccc23)CC1.c1ccc2c(C3CCNCC3)c[nH]c2c1. The molecular weight excluding hydrogens is 620 g/mol. The van der Waals surface area contributed by atoms with Gasteiger partial charge in [0.1, 0.15) is 17.4 Å². The molecule has 244 valence electrons. The molecule has 0 spiro atoms. The lowest BCUT2D eigenvalue weighted by atomic mass is 9.89. The molecule has 3 aromatic carbocycles. The third-order valence-corrected chi connectivity index (χ3v) is 9.39. The number of fused-ring (bicyclic) bond motifs is 2. The van der Waals surface area contributed by atoms with Crippen molar-refractivity contribution in [2.45, 2.75) is 43.9 Å². The summed E-state index contributed by atoms with van der Waals surface area (Å²) < 4.78 is 32.4. The molecule has 0 saturated carbocycles. The van der Waals surface area contributed by atoms with E-state index in [2.05, 4.69) is 69.2 Å². The number of piperidine rings is 2. The van der Waals surface area contributed by atoms with E-state index in [1.807, 2.05) is 12.1 Å². The molecule has 0 radical (unpaired) electrons. The Morgan fingerprint density at radius 1 is 0.809 bits per heavy atom. The number of carbonyl (C=O) groups excluding carboxylic acids is 1. The van der Waals surface area contributed by atoms with Gasteiger partial charge in [-0.15, -0.1) is 12.4 Å². The molecule has 2 aliphatic rings. The van der Waals surface area contributed by atoms with Gasteiger partial charge in [0.05, 0.1) is 0 Å². The molecule has 6 aromatic rings. The van der Waals surface area contributed by atoms with Crippen LogP contribution < -0.4 is 5.32 Å². The van der Waals surface area contributed by atoms with Gasteiger partial charge < -0.3 is 24.7 Å². The molecule has 3 aromatic heterocycles. The van der Waals surface area contributed by atoms with Crippen LogP contribution in [0.3, 0.4) is 0 Å². The van der Waals surface area contributed by atoms with Crippen molar-refractivity contribution >= 4 is 40.1 Å². The van der Waals surface area contributed by atoms with E-state index >= 15 is 0 Å². The molecule has 5 heterocycles. The van der Waals surface area contributed by atoms with E-state index in [1.165, 1.54) is 46.3 Å². The predicted octanol–water partition coefficient (Wildman–Crippen LogP) is 8.10. The van der Waals surface area contributed by atoms with Crippen LogP contribution in [0.5, 0.6) is 0 Å². The van der Waals surface area contributed by atoms with E-state index in [9.17, 15) is 13.6 Å². The number of likely N-dealkylation sites (tertiary alicyclic amines) is 1. The Labute approximate surface area is 278 Å². The number of para-hydroxylation sites is 2. The first kappa shape index (κ1) is 32.5. The topological polar surface area (TPSA) is 89.9 Å². The molecule has 3 N–H and O–H groups in total. The van der Waals surface area contributed by atoms with E-state index < -0.39 is 11.6 Å². The lowest BCUT2D eigenvalue weighted by molar-refractivity contribution is 0.0702. The van der Waals surface area contributed by atoms with Gasteiger partial charge in [0.25, 0.3) is 5.91 Å². The van der Waals surface area contributed by atoms with E-state index in [1.54, 1.807) is 4.90 Å². The van der Waals surface area contributed by atoms with Gasteiger partial charge in [-0.2, -0.15) is 0 Å². The third kappa shape index (κ3) is 7.11. The largest absolute Gasteiger partial charge is 0.361 e. The summed E-state index contributed by atoms with van der Waals surface area (Å²) in [6.45, 7) is 3.57. The number of nitrogens with one attached hydrogen (secondary N) is 3. The summed E-state index contributed by atoms with van der Waals surface area (Å²) in [7, 11) is 0. The molecule has 8 rings (SSSR count). The smallest absolute Gasteiger partial charge is 0.276 e. The van der Waals surface area contributed by atoms with Crippen molar-refractivity contribution in [1.29, 1.82) is 0 Å². The van der Waals surface area contributed by atoms with Crippen LogP contribution in [0.2, 0.25) is 0 Å². The highest BCUT2D eigenvalue weighted by Crippen LogP contribution is 2.34. The van der Waals surface area contributed by atoms with Crippen molar-refractivity contribution < 1.29 is 18.1 Å². The van der Waals surface area contributed by atoms with E-state index in [0.29, 0.717) is 24.8 Å². The zero-order chi connectivity index (χ0) is 31.5. The zero-order valence-electron chi connectivity index (χ0n) is 26.0. The van der Waals surface area contributed by atoms with Crippen molar-refractivity contribution in [2.75, 3.05) is 26.2 Å². The zero-order valence-corrected chi connectivity index (χ0v) is 26.8. The number of rotatable bonds is 5. The summed E-state index contributed by atoms with van der Waals surface area (Å²) in [5.74, 6) is 0.204. The Balaban J connectivity index is 0.000000202. The van der Waals surface area contributed by atoms with Gasteiger partial charge >= 0.3 is 0 Å². The number of carbonyl (C=O) groups is 1. The maximum atomic E-state index is 13.9. The van der Waals surface area contributed by atoms with Crippen LogP contribution in [0.1, 0.15) is 70.5 Å². The molecule has 0 aliphatic carbocycles. The van der Waals surface area contributed by atoms with Gasteiger partial charge in [-0.05, 0) is 97.6 Å². The second-order valence-electron chi connectivity index (χ2n) is 12.3. The molecule has 2 aliphatic heterocycles. The lowest BCUT2D eigenvalue weighted by Crippen LogP contribution is -2.38. The van der Waals surface area contributed by atoms with Crippen molar-refractivity contribution in [3.63, 3.8) is 0 Å². The molecular formula is C37H38ClF2N5O2. The molecule has 2 fully saturated rings. The average Bonchev–Trinajstić information content (AvgIpc) is 3.86. The number of halogens is 3. The van der Waals surface area contributed by atoms with Gasteiger partial charge in [-0.25, -0.2) is 8.78 Å². The fourth-order valence-corrected chi connectivity index (χ4v) is 6.92. The number of hydrogen-bond acceptors (Lipinski definition) is 4. The third-order valence-electron chi connectivity index (χ3n) is 9.39. The Kier molecular flexibility index (Phi) is 10.0. The van der Waals surface area contributed by atoms with Crippen LogP contribution in [0.25, 0.3) is 21.8 Å². The Bertz CT molecular complexity index is 1950. The highest BCUT2D eigenvalue weighted by atomic mass is 35.5. The van der Waals surface area contributed by atoms with Gasteiger partial charge in [0.2, 0.25) is 0 Å². The number of H-pyrrole nitrogens is 2. The Hall–Kier alpha value is -4.47. The Morgan fingerprint density at radius 3 is 2.04 bits per heavy atom. The van der Waals surface area contributed by atoms with Gasteiger partial charge in [0.15, 0.2) is 5.69 Å². The monoisotopic (exact) mass is 657 g/mol. The van der Waals surface area contributed by atoms with Crippen LogP contribution in [0.15, 0.2) is 89.7 Å². The van der Waals surface area contributed by atoms with Crippen molar-refractivity contribution in [2.24, 2.45) is 0 Å². The predicted molar refractivity (Wildman–Crippen MR) is 182 cm³/mol. The molecule has 47 heavy (non-hydrogen) atoms. The number of aromatic amines is 2. The van der Waals surface area contributed by atoms with Crippen molar-refractivity contribution in [1.82, 2.24) is 25.3 Å². The Morgan fingerprint density at radius 2 is 1.40 bits per heavy atom. The van der Waals surface area contributed by atoms with Crippen LogP contribution in [0.4, 0.5) is 8.78 Å². The van der Waals surface area contributed by atoms with Crippen LogP contribution in [-0.4, -0.2) is 52.1 Å². The normalized spacial score (nSPS) is 15.7. The van der Waals surface area contributed by atoms with Crippen LogP contribution >= 0.6 is 12.4 Å². The fraction of sp³-hybridized carbons (Fsp3) is 0.297. The number of hydrogen-bond donors (Lipinski definition) is 3. The summed E-state index contributed by atoms with van der Waals surface area (Å²) in [6.07, 6.45) is 8.57. The number of aromatic nitrogens is 3. The maximum absolute atomic E-state index is 13.9. The molecule has 7 nitrogen and oxygen atoms in total. The first-order valence-electron chi connectivity index (χ1n) is 16.0. The number of nitrogens with zero attached hydrogens (tertiary/aromatic N) is 2. The second kappa shape index (κ2) is 14.5. The summed E-state index contributed by atoms with van der Waals surface area (Å²) >= 11 is 0. The summed E-state index contributed by atoms with van der Waals surface area (Å²) in [5, 5.41) is 9.92. The number of benzene rings is 3. The van der Waals surface area contributed by atoms with E-state index in [0.717, 1.165) is 55.6 Å². The van der Waals surface area contributed by atoms with Gasteiger partial charge in [0, 0.05) is 59.8 Å². The first-order chi connectivity index (χ1) is 22.5. The second-order valence-corrected chi connectivity index (χ2v) is 12.3. The van der Waals surface area contributed by atoms with Crippen molar-refractivity contribution in [3.05, 3.63) is 125 Å². The van der Waals surface area contributed by atoms with Crippen LogP contribution in [-0.2, 0) is 6.42 Å². The number of amides is 1. The molecule has 0 atom stereocenters. The first-order valence-corrected chi connectivity index (χ1v) is 16.0. The summed E-state index contributed by atoms with van der Waals surface area (Å²) in [6, 6.07) is 21.6. The highest BCUT2D eigenvalue weighted by molar-refractivity contribution is 5.92. The minimum atomic E-state index is -0.523. The molecule has 0 unspecified atom stereocenters. The van der Waals surface area contributed by atoms with Gasteiger partial charge in [-0.1, -0.05) is 41.6 Å². The molecule has 0 bridgehead atoms. The minimum Gasteiger partial charge on any atom is -0.361 e. The molecule has 2 saturated heterocycles. The van der Waals surface area contributed by atoms with Gasteiger partial charge in [-0.3, -0.25) is 4.79 Å². The van der Waals surface area contributed by atoms with Crippen LogP contribution in [0, 0.1) is 11.6 Å².